The lowest BCUT2D eigenvalue weighted by atomic mass is 10.0. The van der Waals surface area contributed by atoms with Crippen molar-refractivity contribution >= 4 is 34.7 Å². The van der Waals surface area contributed by atoms with Crippen LogP contribution in [0.15, 0.2) is 48.2 Å². The van der Waals surface area contributed by atoms with Gasteiger partial charge in [-0.25, -0.2) is 4.90 Å². The van der Waals surface area contributed by atoms with Crippen LogP contribution >= 0.6 is 11.6 Å². The molecule has 1 N–H and O–H groups in total. The van der Waals surface area contributed by atoms with Crippen LogP contribution in [0, 0.1) is 6.92 Å². The van der Waals surface area contributed by atoms with Gasteiger partial charge >= 0.3 is 5.91 Å². The van der Waals surface area contributed by atoms with Gasteiger partial charge in [0.25, 0.3) is 5.91 Å². The number of amides is 2. The Morgan fingerprint density at radius 2 is 1.79 bits per heavy atom. The van der Waals surface area contributed by atoms with Gasteiger partial charge in [0.1, 0.15) is 5.75 Å². The Bertz CT molecular complexity index is 888. The van der Waals surface area contributed by atoms with Crippen molar-refractivity contribution in [2.24, 2.45) is 0 Å². The molecule has 0 bridgehead atoms. The summed E-state index contributed by atoms with van der Waals surface area (Å²) in [7, 11) is 1.45. The SMILES string of the molecule is COc1ccccc1C1=C(O)C(=O)N(c2cc(Cl)ccc2C)C1=O. The van der Waals surface area contributed by atoms with Crippen molar-refractivity contribution in [1.29, 1.82) is 0 Å². The fourth-order valence-corrected chi connectivity index (χ4v) is 2.82. The van der Waals surface area contributed by atoms with Gasteiger partial charge in [0.05, 0.1) is 18.4 Å². The number of benzene rings is 2. The molecule has 5 nitrogen and oxygen atoms in total. The number of hydrogen-bond acceptors (Lipinski definition) is 4. The third kappa shape index (κ3) is 2.43. The van der Waals surface area contributed by atoms with Crippen LogP contribution in [-0.2, 0) is 9.59 Å². The molecule has 0 spiro atoms. The normalized spacial score (nSPS) is 14.5. The first-order valence-electron chi connectivity index (χ1n) is 7.17. The second-order valence-electron chi connectivity index (χ2n) is 5.30. The van der Waals surface area contributed by atoms with Crippen molar-refractivity contribution in [3.05, 3.63) is 64.4 Å². The maximum Gasteiger partial charge on any atom is 0.301 e. The van der Waals surface area contributed by atoms with E-state index >= 15 is 0 Å². The van der Waals surface area contributed by atoms with Crippen LogP contribution in [0.5, 0.6) is 5.75 Å². The largest absolute Gasteiger partial charge is 0.502 e. The lowest BCUT2D eigenvalue weighted by Crippen LogP contribution is -2.32. The first-order valence-corrected chi connectivity index (χ1v) is 7.55. The number of aliphatic hydroxyl groups excluding tert-OH is 1. The fraction of sp³-hybridized carbons (Fsp3) is 0.111. The topological polar surface area (TPSA) is 66.8 Å². The molecule has 24 heavy (non-hydrogen) atoms. The Hall–Kier alpha value is -2.79. The molecule has 0 saturated heterocycles. The molecule has 1 aliphatic rings. The summed E-state index contributed by atoms with van der Waals surface area (Å²) in [6, 6.07) is 11.6. The van der Waals surface area contributed by atoms with E-state index in [-0.39, 0.29) is 5.57 Å². The third-order valence-electron chi connectivity index (χ3n) is 3.85. The molecular formula is C18H14ClNO4. The average Bonchev–Trinajstić information content (AvgIpc) is 2.79. The quantitative estimate of drug-likeness (QED) is 0.866. The third-order valence-corrected chi connectivity index (χ3v) is 4.08. The highest BCUT2D eigenvalue weighted by Gasteiger charge is 2.41. The van der Waals surface area contributed by atoms with Crippen molar-refractivity contribution in [3.8, 4) is 5.75 Å². The van der Waals surface area contributed by atoms with E-state index in [0.29, 0.717) is 27.6 Å². The molecule has 0 unspecified atom stereocenters. The minimum Gasteiger partial charge on any atom is -0.502 e. The molecule has 2 amide bonds. The number of halogens is 1. The van der Waals surface area contributed by atoms with E-state index in [1.54, 1.807) is 43.3 Å². The molecule has 2 aromatic rings. The van der Waals surface area contributed by atoms with Gasteiger partial charge in [0, 0.05) is 10.6 Å². The average molecular weight is 344 g/mol. The minimum atomic E-state index is -0.786. The number of aliphatic hydroxyl groups is 1. The second-order valence-corrected chi connectivity index (χ2v) is 5.74. The number of methoxy groups -OCH3 is 1. The van der Waals surface area contributed by atoms with E-state index in [1.807, 2.05) is 0 Å². The lowest BCUT2D eigenvalue weighted by molar-refractivity contribution is -0.121. The van der Waals surface area contributed by atoms with E-state index in [2.05, 4.69) is 0 Å². The molecule has 0 atom stereocenters. The van der Waals surface area contributed by atoms with Crippen LogP contribution < -0.4 is 9.64 Å². The summed E-state index contributed by atoms with van der Waals surface area (Å²) >= 11 is 5.98. The highest BCUT2D eigenvalue weighted by atomic mass is 35.5. The first-order chi connectivity index (χ1) is 11.5. The number of hydrogen-bond donors (Lipinski definition) is 1. The molecule has 1 heterocycles. The number of para-hydroxylation sites is 1. The van der Waals surface area contributed by atoms with Crippen LogP contribution in [0.3, 0.4) is 0 Å². The number of aryl methyl sites for hydroxylation is 1. The summed E-state index contributed by atoms with van der Waals surface area (Å²) in [5.74, 6) is -1.62. The number of nitrogens with zero attached hydrogens (tertiary/aromatic N) is 1. The molecule has 122 valence electrons. The van der Waals surface area contributed by atoms with E-state index in [9.17, 15) is 14.7 Å². The van der Waals surface area contributed by atoms with Crippen molar-refractivity contribution in [2.75, 3.05) is 12.0 Å². The Morgan fingerprint density at radius 3 is 2.50 bits per heavy atom. The summed E-state index contributed by atoms with van der Waals surface area (Å²) < 4.78 is 5.23. The van der Waals surface area contributed by atoms with E-state index < -0.39 is 17.6 Å². The maximum atomic E-state index is 12.8. The molecule has 0 fully saturated rings. The number of anilines is 1. The molecule has 3 rings (SSSR count). The van der Waals surface area contributed by atoms with Gasteiger partial charge in [0.15, 0.2) is 5.76 Å². The zero-order valence-electron chi connectivity index (χ0n) is 13.0. The molecular weight excluding hydrogens is 330 g/mol. The highest BCUT2D eigenvalue weighted by molar-refractivity contribution is 6.45. The van der Waals surface area contributed by atoms with Gasteiger partial charge in [0.2, 0.25) is 0 Å². The Balaban J connectivity index is 2.13. The molecule has 0 saturated carbocycles. The van der Waals surface area contributed by atoms with Crippen LogP contribution in [0.2, 0.25) is 5.02 Å². The number of ether oxygens (including phenoxy) is 1. The zero-order valence-corrected chi connectivity index (χ0v) is 13.8. The summed E-state index contributed by atoms with van der Waals surface area (Å²) in [5.41, 5.74) is 1.30. The highest BCUT2D eigenvalue weighted by Crippen LogP contribution is 2.37. The fourth-order valence-electron chi connectivity index (χ4n) is 2.65. The minimum absolute atomic E-state index is 0.0863. The van der Waals surface area contributed by atoms with Crippen molar-refractivity contribution in [2.45, 2.75) is 6.92 Å². The predicted octanol–water partition coefficient (Wildman–Crippen LogP) is 3.50. The Kier molecular flexibility index (Phi) is 4.03. The lowest BCUT2D eigenvalue weighted by Gasteiger charge is -2.17. The van der Waals surface area contributed by atoms with Crippen LogP contribution in [0.25, 0.3) is 5.57 Å². The number of carbonyl (C=O) groups is 2. The summed E-state index contributed by atoms with van der Waals surface area (Å²) in [6.45, 7) is 1.75. The van der Waals surface area contributed by atoms with Gasteiger partial charge < -0.3 is 9.84 Å². The van der Waals surface area contributed by atoms with E-state index in [1.165, 1.54) is 13.2 Å². The van der Waals surface area contributed by atoms with Crippen molar-refractivity contribution in [3.63, 3.8) is 0 Å². The standard InChI is InChI=1S/C18H14ClNO4/c1-10-7-8-11(19)9-13(10)20-17(22)15(16(21)18(20)23)12-5-3-4-6-14(12)24-2/h3-9,21H,1-2H3. The monoisotopic (exact) mass is 343 g/mol. The molecule has 0 radical (unpaired) electrons. The van der Waals surface area contributed by atoms with Crippen LogP contribution in [0.4, 0.5) is 5.69 Å². The van der Waals surface area contributed by atoms with E-state index in [0.717, 1.165) is 4.90 Å². The summed E-state index contributed by atoms with van der Waals surface area (Å²) in [5, 5.41) is 10.7. The predicted molar refractivity (Wildman–Crippen MR) is 91.2 cm³/mol. The molecule has 1 aliphatic heterocycles. The van der Waals surface area contributed by atoms with Gasteiger partial charge in [-0.3, -0.25) is 9.59 Å². The number of imide groups is 1. The molecule has 0 aromatic heterocycles. The smallest absolute Gasteiger partial charge is 0.301 e. The maximum absolute atomic E-state index is 12.8. The Labute approximate surface area is 143 Å². The molecule has 6 heteroatoms. The van der Waals surface area contributed by atoms with Crippen LogP contribution in [0.1, 0.15) is 11.1 Å². The second kappa shape index (κ2) is 6.02. The molecule has 2 aromatic carbocycles. The number of carbonyl (C=O) groups excluding carboxylic acids is 2. The molecule has 0 aliphatic carbocycles. The van der Waals surface area contributed by atoms with Crippen LogP contribution in [-0.4, -0.2) is 24.0 Å². The first kappa shape index (κ1) is 16.1. The Morgan fingerprint density at radius 1 is 1.08 bits per heavy atom. The van der Waals surface area contributed by atoms with Crippen molar-refractivity contribution in [1.82, 2.24) is 0 Å². The number of rotatable bonds is 3. The summed E-state index contributed by atoms with van der Waals surface area (Å²) in [6.07, 6.45) is 0. The van der Waals surface area contributed by atoms with Gasteiger partial charge in [-0.15, -0.1) is 0 Å². The van der Waals surface area contributed by atoms with Crippen molar-refractivity contribution < 1.29 is 19.4 Å². The summed E-state index contributed by atoms with van der Waals surface area (Å²) in [4.78, 5) is 26.3. The van der Waals surface area contributed by atoms with Gasteiger partial charge in [-0.1, -0.05) is 35.9 Å². The van der Waals surface area contributed by atoms with Gasteiger partial charge in [-0.05, 0) is 30.7 Å². The zero-order chi connectivity index (χ0) is 17.4. The van der Waals surface area contributed by atoms with E-state index in [4.69, 9.17) is 16.3 Å². The van der Waals surface area contributed by atoms with Gasteiger partial charge in [-0.2, -0.15) is 0 Å².